The van der Waals surface area contributed by atoms with Crippen molar-refractivity contribution in [1.29, 1.82) is 0 Å². The molecule has 2 heterocycles. The van der Waals surface area contributed by atoms with E-state index in [1.807, 2.05) is 17.5 Å². The molecule has 1 N–H and O–H groups in total. The molecule has 68 valence electrons. The fourth-order valence-corrected chi connectivity index (χ4v) is 2.16. The second-order valence-electron chi connectivity index (χ2n) is 2.70. The first-order chi connectivity index (χ1) is 6.33. The Balaban J connectivity index is 2.35. The zero-order valence-electron chi connectivity index (χ0n) is 7.11. The molecule has 1 aromatic rings. The normalized spacial score (nSPS) is 19.0. The van der Waals surface area contributed by atoms with E-state index >= 15 is 0 Å². The lowest BCUT2D eigenvalue weighted by molar-refractivity contribution is -0.143. The van der Waals surface area contributed by atoms with Crippen LogP contribution in [0.5, 0.6) is 0 Å². The zero-order chi connectivity index (χ0) is 9.26. The molecule has 4 heteroatoms. The summed E-state index contributed by atoms with van der Waals surface area (Å²) >= 11 is 1.62. The van der Waals surface area contributed by atoms with Crippen molar-refractivity contribution in [3.05, 3.63) is 28.1 Å². The minimum Gasteiger partial charge on any atom is -0.467 e. The van der Waals surface area contributed by atoms with Gasteiger partial charge in [-0.25, -0.2) is 4.79 Å². The van der Waals surface area contributed by atoms with Crippen molar-refractivity contribution in [2.75, 3.05) is 7.11 Å². The van der Waals surface area contributed by atoms with Gasteiger partial charge in [-0.3, -0.25) is 0 Å². The molecule has 1 aliphatic heterocycles. The fourth-order valence-electron chi connectivity index (χ4n) is 1.33. The van der Waals surface area contributed by atoms with Crippen LogP contribution in [0.3, 0.4) is 0 Å². The topological polar surface area (TPSA) is 38.3 Å². The van der Waals surface area contributed by atoms with Gasteiger partial charge in [0.1, 0.15) is 0 Å². The summed E-state index contributed by atoms with van der Waals surface area (Å²) in [6.07, 6.45) is 3.74. The average molecular weight is 195 g/mol. The van der Waals surface area contributed by atoms with Crippen molar-refractivity contribution in [1.82, 2.24) is 5.32 Å². The van der Waals surface area contributed by atoms with Crippen LogP contribution in [0, 0.1) is 0 Å². The van der Waals surface area contributed by atoms with Crippen molar-refractivity contribution in [2.24, 2.45) is 0 Å². The smallest absolute Gasteiger partial charge is 0.333 e. The molecule has 1 aliphatic rings. The number of hydrogen-bond acceptors (Lipinski definition) is 4. The van der Waals surface area contributed by atoms with E-state index in [0.717, 1.165) is 10.4 Å². The van der Waals surface area contributed by atoms with Crippen LogP contribution in [0.1, 0.15) is 16.5 Å². The molecule has 2 rings (SSSR count). The maximum absolute atomic E-state index is 11.3. The molecule has 0 radical (unpaired) electrons. The summed E-state index contributed by atoms with van der Waals surface area (Å²) in [5, 5.41) is 4.93. The molecule has 0 saturated heterocycles. The van der Waals surface area contributed by atoms with Crippen molar-refractivity contribution in [3.63, 3.8) is 0 Å². The molecule has 0 amide bonds. The molecule has 0 unspecified atom stereocenters. The summed E-state index contributed by atoms with van der Waals surface area (Å²) in [4.78, 5) is 12.4. The van der Waals surface area contributed by atoms with Crippen LogP contribution in [0.2, 0.25) is 0 Å². The number of methoxy groups -OCH3 is 1. The number of ether oxygens (including phenoxy) is 1. The third-order valence-corrected chi connectivity index (χ3v) is 2.87. The highest BCUT2D eigenvalue weighted by atomic mass is 32.1. The van der Waals surface area contributed by atoms with Gasteiger partial charge in [-0.2, -0.15) is 0 Å². The first-order valence-corrected chi connectivity index (χ1v) is 4.78. The van der Waals surface area contributed by atoms with Crippen LogP contribution < -0.4 is 5.32 Å². The monoisotopic (exact) mass is 195 g/mol. The highest BCUT2D eigenvalue weighted by Gasteiger charge is 2.24. The van der Waals surface area contributed by atoms with Gasteiger partial charge < -0.3 is 10.1 Å². The third-order valence-electron chi connectivity index (χ3n) is 1.97. The molecule has 0 bridgehead atoms. The third kappa shape index (κ3) is 1.33. The van der Waals surface area contributed by atoms with Crippen LogP contribution in [0.25, 0.3) is 6.08 Å². The van der Waals surface area contributed by atoms with Gasteiger partial charge in [0, 0.05) is 10.4 Å². The van der Waals surface area contributed by atoms with E-state index in [9.17, 15) is 4.79 Å². The van der Waals surface area contributed by atoms with Crippen LogP contribution in [0.15, 0.2) is 17.6 Å². The number of rotatable bonds is 1. The first-order valence-electron chi connectivity index (χ1n) is 3.91. The predicted octanol–water partition coefficient (Wildman–Crippen LogP) is 1.54. The second kappa shape index (κ2) is 3.22. The Morgan fingerprint density at radius 1 is 1.69 bits per heavy atom. The second-order valence-corrected chi connectivity index (χ2v) is 3.64. The van der Waals surface area contributed by atoms with Gasteiger partial charge in [0.2, 0.25) is 0 Å². The van der Waals surface area contributed by atoms with Gasteiger partial charge in [0.25, 0.3) is 0 Å². The minimum absolute atomic E-state index is 0.246. The number of carbonyl (C=O) groups is 1. The summed E-state index contributed by atoms with van der Waals surface area (Å²) in [7, 11) is 1.40. The number of esters is 1. The SMILES string of the molecule is COC(=O)[C@@H]1NC=Cc2sccc21. The molecular weight excluding hydrogens is 186 g/mol. The quantitative estimate of drug-likeness (QED) is 0.691. The van der Waals surface area contributed by atoms with Gasteiger partial charge in [-0.05, 0) is 23.7 Å². The Morgan fingerprint density at radius 2 is 2.54 bits per heavy atom. The molecule has 3 nitrogen and oxygen atoms in total. The highest BCUT2D eigenvalue weighted by molar-refractivity contribution is 7.11. The summed E-state index contributed by atoms with van der Waals surface area (Å²) < 4.78 is 4.69. The predicted molar refractivity (Wildman–Crippen MR) is 51.2 cm³/mol. The van der Waals surface area contributed by atoms with E-state index in [1.165, 1.54) is 7.11 Å². The van der Waals surface area contributed by atoms with E-state index in [1.54, 1.807) is 17.5 Å². The van der Waals surface area contributed by atoms with Gasteiger partial charge >= 0.3 is 5.97 Å². The van der Waals surface area contributed by atoms with Crippen molar-refractivity contribution in [2.45, 2.75) is 6.04 Å². The number of thiophene rings is 1. The van der Waals surface area contributed by atoms with E-state index in [-0.39, 0.29) is 12.0 Å². The number of carbonyl (C=O) groups excluding carboxylic acids is 1. The summed E-state index contributed by atoms with van der Waals surface area (Å²) in [5.41, 5.74) is 0.999. The van der Waals surface area contributed by atoms with Crippen LogP contribution in [0.4, 0.5) is 0 Å². The highest BCUT2D eigenvalue weighted by Crippen LogP contribution is 2.28. The lowest BCUT2D eigenvalue weighted by atomic mass is 10.1. The van der Waals surface area contributed by atoms with Crippen molar-refractivity contribution < 1.29 is 9.53 Å². The van der Waals surface area contributed by atoms with Crippen molar-refractivity contribution in [3.8, 4) is 0 Å². The van der Waals surface area contributed by atoms with E-state index < -0.39 is 0 Å². The van der Waals surface area contributed by atoms with Gasteiger partial charge in [-0.1, -0.05) is 0 Å². The van der Waals surface area contributed by atoms with Crippen LogP contribution in [-0.4, -0.2) is 13.1 Å². The van der Waals surface area contributed by atoms with Crippen molar-refractivity contribution >= 4 is 23.4 Å². The number of nitrogens with one attached hydrogen (secondary N) is 1. The lowest BCUT2D eigenvalue weighted by Crippen LogP contribution is -2.27. The molecule has 0 fully saturated rings. The Hall–Kier alpha value is -1.29. The van der Waals surface area contributed by atoms with E-state index in [2.05, 4.69) is 10.1 Å². The van der Waals surface area contributed by atoms with Crippen LogP contribution in [-0.2, 0) is 9.53 Å². The Bertz CT molecular complexity index is 356. The Labute approximate surface area is 80.0 Å². The summed E-state index contributed by atoms with van der Waals surface area (Å²) in [6.45, 7) is 0. The van der Waals surface area contributed by atoms with E-state index in [4.69, 9.17) is 0 Å². The molecule has 0 aliphatic carbocycles. The summed E-state index contributed by atoms with van der Waals surface area (Å²) in [6, 6.07) is 1.61. The fraction of sp³-hybridized carbons (Fsp3) is 0.222. The van der Waals surface area contributed by atoms with Gasteiger partial charge in [0.05, 0.1) is 7.11 Å². The summed E-state index contributed by atoms with van der Waals surface area (Å²) in [5.74, 6) is -0.246. The molecule has 13 heavy (non-hydrogen) atoms. The van der Waals surface area contributed by atoms with Gasteiger partial charge in [0.15, 0.2) is 6.04 Å². The van der Waals surface area contributed by atoms with Gasteiger partial charge in [-0.15, -0.1) is 11.3 Å². The minimum atomic E-state index is -0.337. The molecule has 1 aromatic heterocycles. The molecule has 0 saturated carbocycles. The Kier molecular flexibility index (Phi) is 2.06. The lowest BCUT2D eigenvalue weighted by Gasteiger charge is -2.18. The maximum atomic E-state index is 11.3. The molecule has 0 aromatic carbocycles. The Morgan fingerprint density at radius 3 is 3.31 bits per heavy atom. The standard InChI is InChI=1S/C9H9NO2S/c1-12-9(11)8-6-3-5-13-7(6)2-4-10-8/h2-5,8,10H,1H3/t8-/m1/s1. The molecule has 0 spiro atoms. The van der Waals surface area contributed by atoms with E-state index in [0.29, 0.717) is 0 Å². The first kappa shape index (κ1) is 8.31. The largest absolute Gasteiger partial charge is 0.467 e. The van der Waals surface area contributed by atoms with Crippen LogP contribution >= 0.6 is 11.3 Å². The number of hydrogen-bond donors (Lipinski definition) is 1. The molecule has 1 atom stereocenters. The maximum Gasteiger partial charge on any atom is 0.333 e. The number of fused-ring (bicyclic) bond motifs is 1. The molecular formula is C9H9NO2S. The zero-order valence-corrected chi connectivity index (χ0v) is 7.93. The average Bonchev–Trinajstić information content (AvgIpc) is 2.63.